The van der Waals surface area contributed by atoms with Gasteiger partial charge in [-0.05, 0) is 29.8 Å². The fourth-order valence-electron chi connectivity index (χ4n) is 1.76. The first-order chi connectivity index (χ1) is 10.1. The van der Waals surface area contributed by atoms with Crippen LogP contribution >= 0.6 is 0 Å². The third kappa shape index (κ3) is 4.87. The third-order valence-corrected chi connectivity index (χ3v) is 2.80. The number of nitrogens with one attached hydrogen (secondary N) is 1. The number of hydrogen-bond donors (Lipinski definition) is 1. The van der Waals surface area contributed by atoms with Crippen LogP contribution < -0.4 is 10.1 Å². The Balaban J connectivity index is 1.70. The molecule has 0 bridgehead atoms. The molecule has 0 unspecified atom stereocenters. The minimum Gasteiger partial charge on any atom is -0.489 e. The predicted molar refractivity (Wildman–Crippen MR) is 75.0 cm³/mol. The lowest BCUT2D eigenvalue weighted by molar-refractivity contribution is -0.120. The van der Waals surface area contributed by atoms with Gasteiger partial charge in [-0.15, -0.1) is 0 Å². The van der Waals surface area contributed by atoms with E-state index in [4.69, 9.17) is 4.74 Å². The standard InChI is InChI=1S/C16H15F2NO2/c17-13-7-5-12(6-8-13)11-16(20)19-9-10-21-15-4-2-1-3-14(15)18/h1-8H,9-11H2,(H,19,20). The molecule has 110 valence electrons. The first-order valence-corrected chi connectivity index (χ1v) is 6.53. The molecular weight excluding hydrogens is 276 g/mol. The lowest BCUT2D eigenvalue weighted by atomic mass is 10.1. The summed E-state index contributed by atoms with van der Waals surface area (Å²) in [6.45, 7) is 0.449. The Morgan fingerprint density at radius 2 is 1.76 bits per heavy atom. The summed E-state index contributed by atoms with van der Waals surface area (Å²) in [5.74, 6) is -0.809. The van der Waals surface area contributed by atoms with E-state index in [0.717, 1.165) is 5.56 Å². The van der Waals surface area contributed by atoms with Crippen molar-refractivity contribution >= 4 is 5.91 Å². The number of carbonyl (C=O) groups excluding carboxylic acids is 1. The number of amides is 1. The van der Waals surface area contributed by atoms with E-state index < -0.39 is 5.82 Å². The molecule has 0 aromatic heterocycles. The van der Waals surface area contributed by atoms with Gasteiger partial charge in [0.2, 0.25) is 5.91 Å². The second kappa shape index (κ2) is 7.38. The van der Waals surface area contributed by atoms with Gasteiger partial charge in [0.1, 0.15) is 12.4 Å². The van der Waals surface area contributed by atoms with Crippen LogP contribution in [0.2, 0.25) is 0 Å². The maximum Gasteiger partial charge on any atom is 0.224 e. The van der Waals surface area contributed by atoms with Crippen molar-refractivity contribution in [3.8, 4) is 5.75 Å². The van der Waals surface area contributed by atoms with Crippen molar-refractivity contribution < 1.29 is 18.3 Å². The quantitative estimate of drug-likeness (QED) is 0.831. The predicted octanol–water partition coefficient (Wildman–Crippen LogP) is 2.70. The number of para-hydroxylation sites is 1. The second-order valence-corrected chi connectivity index (χ2v) is 4.43. The average Bonchev–Trinajstić information content (AvgIpc) is 2.48. The molecule has 0 atom stereocenters. The highest BCUT2D eigenvalue weighted by Crippen LogP contribution is 2.14. The van der Waals surface area contributed by atoms with E-state index in [1.165, 1.54) is 24.3 Å². The normalized spacial score (nSPS) is 10.2. The van der Waals surface area contributed by atoms with E-state index in [-0.39, 0.29) is 37.0 Å². The molecule has 2 aromatic rings. The van der Waals surface area contributed by atoms with Crippen LogP contribution in [0.15, 0.2) is 48.5 Å². The zero-order valence-electron chi connectivity index (χ0n) is 11.3. The number of halogens is 2. The van der Waals surface area contributed by atoms with Crippen LogP contribution in [0.3, 0.4) is 0 Å². The van der Waals surface area contributed by atoms with Crippen LogP contribution in [0.1, 0.15) is 5.56 Å². The molecule has 2 aromatic carbocycles. The first kappa shape index (κ1) is 15.0. The monoisotopic (exact) mass is 291 g/mol. The summed E-state index contributed by atoms with van der Waals surface area (Å²) < 4.78 is 31.2. The number of carbonyl (C=O) groups is 1. The van der Waals surface area contributed by atoms with Crippen molar-refractivity contribution in [1.29, 1.82) is 0 Å². The Hall–Kier alpha value is -2.43. The molecule has 0 radical (unpaired) electrons. The van der Waals surface area contributed by atoms with Crippen LogP contribution in [0.4, 0.5) is 8.78 Å². The smallest absolute Gasteiger partial charge is 0.224 e. The molecule has 0 aliphatic carbocycles. The van der Waals surface area contributed by atoms with Crippen LogP contribution in [-0.4, -0.2) is 19.1 Å². The van der Waals surface area contributed by atoms with E-state index >= 15 is 0 Å². The van der Waals surface area contributed by atoms with Crippen molar-refractivity contribution in [3.05, 3.63) is 65.7 Å². The van der Waals surface area contributed by atoms with Gasteiger partial charge in [0, 0.05) is 0 Å². The van der Waals surface area contributed by atoms with E-state index in [1.54, 1.807) is 24.3 Å². The zero-order chi connectivity index (χ0) is 15.1. The zero-order valence-corrected chi connectivity index (χ0v) is 11.3. The summed E-state index contributed by atoms with van der Waals surface area (Å²) in [5, 5.41) is 2.66. The number of ether oxygens (including phenoxy) is 1. The largest absolute Gasteiger partial charge is 0.489 e. The van der Waals surface area contributed by atoms with Crippen LogP contribution in [0.5, 0.6) is 5.75 Å². The summed E-state index contributed by atoms with van der Waals surface area (Å²) in [5.41, 5.74) is 0.726. The van der Waals surface area contributed by atoms with Crippen LogP contribution in [0, 0.1) is 11.6 Å². The molecular formula is C16H15F2NO2. The van der Waals surface area contributed by atoms with Crippen molar-refractivity contribution in [1.82, 2.24) is 5.32 Å². The Morgan fingerprint density at radius 1 is 1.05 bits per heavy atom. The first-order valence-electron chi connectivity index (χ1n) is 6.53. The maximum atomic E-state index is 13.3. The van der Waals surface area contributed by atoms with Gasteiger partial charge in [0.15, 0.2) is 11.6 Å². The molecule has 0 saturated heterocycles. The molecule has 21 heavy (non-hydrogen) atoms. The Morgan fingerprint density at radius 3 is 2.48 bits per heavy atom. The van der Waals surface area contributed by atoms with Gasteiger partial charge < -0.3 is 10.1 Å². The highest BCUT2D eigenvalue weighted by Gasteiger charge is 2.04. The number of rotatable bonds is 6. The Labute approximate surface area is 121 Å². The number of hydrogen-bond acceptors (Lipinski definition) is 2. The van der Waals surface area contributed by atoms with Crippen molar-refractivity contribution in [2.45, 2.75) is 6.42 Å². The van der Waals surface area contributed by atoms with Crippen LogP contribution in [0.25, 0.3) is 0 Å². The van der Waals surface area contributed by atoms with Gasteiger partial charge in [0.05, 0.1) is 13.0 Å². The fourth-order valence-corrected chi connectivity index (χ4v) is 1.76. The van der Waals surface area contributed by atoms with Gasteiger partial charge in [0.25, 0.3) is 0 Å². The molecule has 0 aliphatic rings. The van der Waals surface area contributed by atoms with Crippen molar-refractivity contribution in [3.63, 3.8) is 0 Å². The van der Waals surface area contributed by atoms with E-state index in [9.17, 15) is 13.6 Å². The Kier molecular flexibility index (Phi) is 5.26. The summed E-state index contributed by atoms with van der Waals surface area (Å²) in [7, 11) is 0. The highest BCUT2D eigenvalue weighted by atomic mass is 19.1. The summed E-state index contributed by atoms with van der Waals surface area (Å²) in [6, 6.07) is 11.8. The van der Waals surface area contributed by atoms with Gasteiger partial charge >= 0.3 is 0 Å². The SMILES string of the molecule is O=C(Cc1ccc(F)cc1)NCCOc1ccccc1F. The molecule has 1 N–H and O–H groups in total. The van der Waals surface area contributed by atoms with E-state index in [0.29, 0.717) is 0 Å². The number of benzene rings is 2. The summed E-state index contributed by atoms with van der Waals surface area (Å²) >= 11 is 0. The van der Waals surface area contributed by atoms with Gasteiger partial charge in [-0.1, -0.05) is 24.3 Å². The minimum atomic E-state index is -0.435. The van der Waals surface area contributed by atoms with Crippen molar-refractivity contribution in [2.75, 3.05) is 13.2 Å². The minimum absolute atomic E-state index is 0.158. The molecule has 0 fully saturated rings. The molecule has 5 heteroatoms. The highest BCUT2D eigenvalue weighted by molar-refractivity contribution is 5.78. The van der Waals surface area contributed by atoms with E-state index in [2.05, 4.69) is 5.32 Å². The fraction of sp³-hybridized carbons (Fsp3) is 0.188. The molecule has 2 rings (SSSR count). The molecule has 0 heterocycles. The lowest BCUT2D eigenvalue weighted by Gasteiger charge is -2.08. The summed E-state index contributed by atoms with van der Waals surface area (Å²) in [4.78, 5) is 11.6. The van der Waals surface area contributed by atoms with Crippen LogP contribution in [-0.2, 0) is 11.2 Å². The Bertz CT molecular complexity index is 599. The average molecular weight is 291 g/mol. The van der Waals surface area contributed by atoms with Gasteiger partial charge in [-0.25, -0.2) is 8.78 Å². The third-order valence-electron chi connectivity index (χ3n) is 2.80. The molecule has 0 spiro atoms. The molecule has 0 saturated carbocycles. The topological polar surface area (TPSA) is 38.3 Å². The second-order valence-electron chi connectivity index (χ2n) is 4.43. The molecule has 3 nitrogen and oxygen atoms in total. The summed E-state index contributed by atoms with van der Waals surface area (Å²) in [6.07, 6.45) is 0.167. The molecule has 0 aliphatic heterocycles. The van der Waals surface area contributed by atoms with Crippen molar-refractivity contribution in [2.24, 2.45) is 0 Å². The van der Waals surface area contributed by atoms with Gasteiger partial charge in [-0.2, -0.15) is 0 Å². The molecule has 1 amide bonds. The lowest BCUT2D eigenvalue weighted by Crippen LogP contribution is -2.29. The van der Waals surface area contributed by atoms with E-state index in [1.807, 2.05) is 0 Å². The maximum absolute atomic E-state index is 13.3. The van der Waals surface area contributed by atoms with Gasteiger partial charge in [-0.3, -0.25) is 4.79 Å².